The molecular weight excluding hydrogens is 286 g/mol. The summed E-state index contributed by atoms with van der Waals surface area (Å²) >= 11 is 7.13. The third kappa shape index (κ3) is 6.35. The van der Waals surface area contributed by atoms with E-state index in [1.54, 1.807) is 18.2 Å². The lowest BCUT2D eigenvalue weighted by Gasteiger charge is -2.07. The third-order valence-corrected chi connectivity index (χ3v) is 3.48. The van der Waals surface area contributed by atoms with Crippen molar-refractivity contribution in [2.24, 2.45) is 0 Å². The quantitative estimate of drug-likeness (QED) is 0.420. The highest BCUT2D eigenvalue weighted by Gasteiger charge is 2.05. The van der Waals surface area contributed by atoms with Crippen LogP contribution in [0.3, 0.4) is 0 Å². The lowest BCUT2D eigenvalue weighted by atomic mass is 10.3. The Labute approximate surface area is 121 Å². The second kappa shape index (κ2) is 7.91. The molecule has 5 nitrogen and oxygen atoms in total. The van der Waals surface area contributed by atoms with Crippen LogP contribution in [0.4, 0.5) is 5.69 Å². The average Bonchev–Trinajstić information content (AvgIpc) is 2.33. The molecule has 0 saturated heterocycles. The molecule has 0 aliphatic heterocycles. The summed E-state index contributed by atoms with van der Waals surface area (Å²) in [6.45, 7) is 2.27. The minimum absolute atomic E-state index is 0.107. The number of nitrogens with two attached hydrogens (primary N) is 1. The van der Waals surface area contributed by atoms with Gasteiger partial charge in [-0.1, -0.05) is 11.6 Å². The van der Waals surface area contributed by atoms with E-state index in [2.05, 4.69) is 10.6 Å². The molecule has 1 rings (SSSR count). The number of rotatable bonds is 6. The molecular formula is C12H16ClN3O2S. The van der Waals surface area contributed by atoms with Crippen LogP contribution >= 0.6 is 23.4 Å². The summed E-state index contributed by atoms with van der Waals surface area (Å²) in [4.78, 5) is 23.0. The van der Waals surface area contributed by atoms with Crippen LogP contribution < -0.4 is 16.4 Å². The smallest absolute Gasteiger partial charge is 0.230 e. The van der Waals surface area contributed by atoms with Gasteiger partial charge in [0.2, 0.25) is 11.8 Å². The number of hydrogen-bond donors (Lipinski definition) is 3. The standard InChI is InChI=1S/C12H16ClN3O2S/c1-8(17)15-4-5-16-12(18)7-19-11-3-2-9(13)6-10(11)14/h2-3,6H,4-5,7,14H2,1H3,(H,15,17)(H,16,18). The van der Waals surface area contributed by atoms with E-state index in [4.69, 9.17) is 17.3 Å². The van der Waals surface area contributed by atoms with Crippen LogP contribution in [0.15, 0.2) is 23.1 Å². The summed E-state index contributed by atoms with van der Waals surface area (Å²) < 4.78 is 0. The van der Waals surface area contributed by atoms with Crippen LogP contribution in [0, 0.1) is 0 Å². The van der Waals surface area contributed by atoms with Crippen LogP contribution in [0.2, 0.25) is 5.02 Å². The monoisotopic (exact) mass is 301 g/mol. The fraction of sp³-hybridized carbons (Fsp3) is 0.333. The topological polar surface area (TPSA) is 84.2 Å². The number of nitrogens with one attached hydrogen (secondary N) is 2. The Hall–Kier alpha value is -1.40. The van der Waals surface area contributed by atoms with E-state index in [1.807, 2.05) is 0 Å². The van der Waals surface area contributed by atoms with E-state index in [-0.39, 0.29) is 17.6 Å². The fourth-order valence-corrected chi connectivity index (χ4v) is 2.24. The molecule has 0 bridgehead atoms. The van der Waals surface area contributed by atoms with Crippen molar-refractivity contribution in [2.75, 3.05) is 24.6 Å². The van der Waals surface area contributed by atoms with E-state index in [1.165, 1.54) is 18.7 Å². The molecule has 0 aliphatic carbocycles. The molecule has 0 fully saturated rings. The maximum Gasteiger partial charge on any atom is 0.230 e. The van der Waals surface area contributed by atoms with E-state index in [0.717, 1.165) is 4.90 Å². The van der Waals surface area contributed by atoms with Crippen LogP contribution in [-0.4, -0.2) is 30.7 Å². The number of nitrogen functional groups attached to an aromatic ring is 1. The summed E-state index contributed by atoms with van der Waals surface area (Å²) in [5.41, 5.74) is 6.34. The molecule has 0 aliphatic rings. The highest BCUT2D eigenvalue weighted by Crippen LogP contribution is 2.27. The van der Waals surface area contributed by atoms with Crippen LogP contribution in [0.5, 0.6) is 0 Å². The fourth-order valence-electron chi connectivity index (χ4n) is 1.29. The van der Waals surface area contributed by atoms with Gasteiger partial charge in [0.05, 0.1) is 5.75 Å². The molecule has 19 heavy (non-hydrogen) atoms. The SMILES string of the molecule is CC(=O)NCCNC(=O)CSc1ccc(Cl)cc1N. The summed E-state index contributed by atoms with van der Waals surface area (Å²) in [6.07, 6.45) is 0. The van der Waals surface area contributed by atoms with Crippen molar-refractivity contribution in [3.05, 3.63) is 23.2 Å². The molecule has 0 unspecified atom stereocenters. The molecule has 0 aromatic heterocycles. The van der Waals surface area contributed by atoms with Gasteiger partial charge in [0.15, 0.2) is 0 Å². The number of amides is 2. The van der Waals surface area contributed by atoms with Crippen molar-refractivity contribution in [1.82, 2.24) is 10.6 Å². The maximum atomic E-state index is 11.5. The second-order valence-corrected chi connectivity index (χ2v) is 5.26. The van der Waals surface area contributed by atoms with Crippen LogP contribution in [-0.2, 0) is 9.59 Å². The number of carbonyl (C=O) groups is 2. The number of hydrogen-bond acceptors (Lipinski definition) is 4. The Morgan fingerprint density at radius 3 is 2.63 bits per heavy atom. The molecule has 0 heterocycles. The van der Waals surface area contributed by atoms with Crippen molar-refractivity contribution in [1.29, 1.82) is 0 Å². The molecule has 0 saturated carbocycles. The number of carbonyl (C=O) groups excluding carboxylic acids is 2. The first kappa shape index (κ1) is 15.7. The van der Waals surface area contributed by atoms with E-state index in [0.29, 0.717) is 23.8 Å². The summed E-state index contributed by atoms with van der Waals surface area (Å²) in [5, 5.41) is 5.86. The second-order valence-electron chi connectivity index (χ2n) is 3.80. The molecule has 104 valence electrons. The predicted molar refractivity (Wildman–Crippen MR) is 78.3 cm³/mol. The zero-order valence-electron chi connectivity index (χ0n) is 10.5. The summed E-state index contributed by atoms with van der Waals surface area (Å²) in [5.74, 6) is 0.0496. The molecule has 7 heteroatoms. The van der Waals surface area contributed by atoms with Crippen molar-refractivity contribution >= 4 is 40.9 Å². The summed E-state index contributed by atoms with van der Waals surface area (Å²) in [6, 6.07) is 5.17. The van der Waals surface area contributed by atoms with Gasteiger partial charge >= 0.3 is 0 Å². The van der Waals surface area contributed by atoms with E-state index >= 15 is 0 Å². The van der Waals surface area contributed by atoms with Crippen molar-refractivity contribution < 1.29 is 9.59 Å². The van der Waals surface area contributed by atoms with Crippen LogP contribution in [0.25, 0.3) is 0 Å². The lowest BCUT2D eigenvalue weighted by molar-refractivity contribution is -0.120. The van der Waals surface area contributed by atoms with Crippen LogP contribution in [0.1, 0.15) is 6.92 Å². The zero-order chi connectivity index (χ0) is 14.3. The number of anilines is 1. The molecule has 0 radical (unpaired) electrons. The first-order valence-corrected chi connectivity index (χ1v) is 7.04. The first-order chi connectivity index (χ1) is 8.99. The Morgan fingerprint density at radius 2 is 2.00 bits per heavy atom. The van der Waals surface area contributed by atoms with Crippen molar-refractivity contribution in [2.45, 2.75) is 11.8 Å². The Bertz CT molecular complexity index is 468. The molecule has 2 amide bonds. The minimum atomic E-state index is -0.113. The van der Waals surface area contributed by atoms with Gasteiger partial charge in [0.25, 0.3) is 0 Å². The average molecular weight is 302 g/mol. The minimum Gasteiger partial charge on any atom is -0.398 e. The first-order valence-electron chi connectivity index (χ1n) is 5.68. The number of benzene rings is 1. The molecule has 0 spiro atoms. The van der Waals surface area contributed by atoms with Gasteiger partial charge in [-0.05, 0) is 18.2 Å². The van der Waals surface area contributed by atoms with Gasteiger partial charge < -0.3 is 16.4 Å². The highest BCUT2D eigenvalue weighted by atomic mass is 35.5. The largest absolute Gasteiger partial charge is 0.398 e. The predicted octanol–water partition coefficient (Wildman–Crippen LogP) is 1.27. The Kier molecular flexibility index (Phi) is 6.52. The number of halogens is 1. The zero-order valence-corrected chi connectivity index (χ0v) is 12.1. The van der Waals surface area contributed by atoms with Crippen molar-refractivity contribution in [3.63, 3.8) is 0 Å². The van der Waals surface area contributed by atoms with Gasteiger partial charge in [-0.2, -0.15) is 0 Å². The van der Waals surface area contributed by atoms with Crippen molar-refractivity contribution in [3.8, 4) is 0 Å². The Balaban J connectivity index is 2.28. The molecule has 1 aromatic carbocycles. The maximum absolute atomic E-state index is 11.5. The number of thioether (sulfide) groups is 1. The molecule has 1 aromatic rings. The molecule has 0 atom stereocenters. The molecule has 4 N–H and O–H groups in total. The Morgan fingerprint density at radius 1 is 1.32 bits per heavy atom. The van der Waals surface area contributed by atoms with Gasteiger partial charge in [-0.25, -0.2) is 0 Å². The van der Waals surface area contributed by atoms with E-state index in [9.17, 15) is 9.59 Å². The summed E-state index contributed by atoms with van der Waals surface area (Å²) in [7, 11) is 0. The third-order valence-electron chi connectivity index (χ3n) is 2.15. The van der Waals surface area contributed by atoms with Gasteiger partial charge in [-0.3, -0.25) is 9.59 Å². The van der Waals surface area contributed by atoms with Gasteiger partial charge in [-0.15, -0.1) is 11.8 Å². The van der Waals surface area contributed by atoms with E-state index < -0.39 is 0 Å². The van der Waals surface area contributed by atoms with Gasteiger partial charge in [0.1, 0.15) is 0 Å². The highest BCUT2D eigenvalue weighted by molar-refractivity contribution is 8.00. The normalized spacial score (nSPS) is 10.0. The lowest BCUT2D eigenvalue weighted by Crippen LogP contribution is -2.34. The van der Waals surface area contributed by atoms with Gasteiger partial charge in [0, 0.05) is 35.6 Å².